The Morgan fingerprint density at radius 2 is 1.56 bits per heavy atom. The third kappa shape index (κ3) is 3.14. The highest BCUT2D eigenvalue weighted by molar-refractivity contribution is 8.04. The summed E-state index contributed by atoms with van der Waals surface area (Å²) in [5.41, 5.74) is 3.97. The van der Waals surface area contributed by atoms with Crippen LogP contribution in [0.4, 0.5) is 5.69 Å². The molecule has 1 heterocycles. The minimum atomic E-state index is -0.243. The van der Waals surface area contributed by atoms with Gasteiger partial charge >= 0.3 is 0 Å². The highest BCUT2D eigenvalue weighted by Gasteiger charge is 2.41. The predicted molar refractivity (Wildman–Crippen MR) is 104 cm³/mol. The normalized spacial score (nSPS) is 14.8. The van der Waals surface area contributed by atoms with Crippen LogP contribution in [0.2, 0.25) is 0 Å². The number of aryl methyl sites for hydroxylation is 1. The molecule has 0 N–H and O–H groups in total. The molecule has 128 valence electrons. The van der Waals surface area contributed by atoms with Crippen LogP contribution in [-0.4, -0.2) is 17.1 Å². The average Bonchev–Trinajstić information content (AvgIpc) is 2.81. The lowest BCUT2D eigenvalue weighted by atomic mass is 10.1. The van der Waals surface area contributed by atoms with Crippen molar-refractivity contribution in [2.75, 3.05) is 4.90 Å². The van der Waals surface area contributed by atoms with Crippen LogP contribution in [0, 0.1) is 13.8 Å². The van der Waals surface area contributed by atoms with Crippen molar-refractivity contribution in [3.8, 4) is 0 Å². The molecule has 4 heteroatoms. The van der Waals surface area contributed by atoms with Crippen molar-refractivity contribution >= 4 is 34.8 Å². The molecule has 25 heavy (non-hydrogen) atoms. The van der Waals surface area contributed by atoms with Crippen molar-refractivity contribution in [3.63, 3.8) is 0 Å². The summed E-state index contributed by atoms with van der Waals surface area (Å²) in [6.45, 7) is 7.98. The van der Waals surface area contributed by atoms with Crippen LogP contribution in [0.1, 0.15) is 30.5 Å². The fourth-order valence-corrected chi connectivity index (χ4v) is 3.90. The van der Waals surface area contributed by atoms with E-state index in [-0.39, 0.29) is 17.1 Å². The molecular weight excluding hydrogens is 330 g/mol. The fraction of sp³-hybridized carbons (Fsp3) is 0.238. The van der Waals surface area contributed by atoms with Crippen molar-refractivity contribution in [2.24, 2.45) is 0 Å². The molecule has 2 amide bonds. The van der Waals surface area contributed by atoms with Crippen LogP contribution in [-0.2, 0) is 9.59 Å². The van der Waals surface area contributed by atoms with Crippen molar-refractivity contribution in [3.05, 3.63) is 70.1 Å². The number of thioether (sulfide) groups is 1. The number of carbonyl (C=O) groups is 2. The molecule has 0 radical (unpaired) electrons. The van der Waals surface area contributed by atoms with Gasteiger partial charge in [-0.15, -0.1) is 11.8 Å². The summed E-state index contributed by atoms with van der Waals surface area (Å²) < 4.78 is 0. The van der Waals surface area contributed by atoms with Gasteiger partial charge in [0.2, 0.25) is 0 Å². The minimum absolute atomic E-state index is 0.212. The summed E-state index contributed by atoms with van der Waals surface area (Å²) in [6.07, 6.45) is 0. The number of amides is 2. The van der Waals surface area contributed by atoms with E-state index in [2.05, 4.69) is 0 Å². The number of imide groups is 1. The molecule has 2 aromatic rings. The van der Waals surface area contributed by atoms with Crippen molar-refractivity contribution < 1.29 is 9.59 Å². The Morgan fingerprint density at radius 3 is 2.20 bits per heavy atom. The number of hydrogen-bond donors (Lipinski definition) is 0. The van der Waals surface area contributed by atoms with Crippen molar-refractivity contribution in [1.82, 2.24) is 0 Å². The van der Waals surface area contributed by atoms with E-state index >= 15 is 0 Å². The lowest BCUT2D eigenvalue weighted by Crippen LogP contribution is -2.32. The molecule has 1 aliphatic heterocycles. The smallest absolute Gasteiger partial charge is 0.268 e. The molecule has 0 aliphatic carbocycles. The maximum absolute atomic E-state index is 13.2. The Balaban J connectivity index is 2.14. The average molecular weight is 351 g/mol. The van der Waals surface area contributed by atoms with Crippen molar-refractivity contribution in [2.45, 2.75) is 32.9 Å². The van der Waals surface area contributed by atoms with E-state index in [0.29, 0.717) is 16.2 Å². The van der Waals surface area contributed by atoms with Crippen LogP contribution < -0.4 is 4.90 Å². The van der Waals surface area contributed by atoms with E-state index in [9.17, 15) is 9.59 Å². The molecule has 0 aromatic heterocycles. The van der Waals surface area contributed by atoms with E-state index in [1.165, 1.54) is 16.7 Å². The van der Waals surface area contributed by atoms with E-state index in [0.717, 1.165) is 16.7 Å². The molecule has 2 aromatic carbocycles. The zero-order valence-corrected chi connectivity index (χ0v) is 15.7. The number of carbonyl (C=O) groups excluding carboxylic acids is 2. The van der Waals surface area contributed by atoms with Gasteiger partial charge in [0.05, 0.1) is 16.2 Å². The summed E-state index contributed by atoms with van der Waals surface area (Å²) in [7, 11) is 0. The topological polar surface area (TPSA) is 37.4 Å². The molecule has 1 aliphatic rings. The predicted octanol–water partition coefficient (Wildman–Crippen LogP) is 4.73. The second-order valence-corrected chi connectivity index (χ2v) is 7.99. The van der Waals surface area contributed by atoms with Gasteiger partial charge in [-0.25, -0.2) is 4.90 Å². The fourth-order valence-electron chi connectivity index (χ4n) is 2.91. The summed E-state index contributed by atoms with van der Waals surface area (Å²) >= 11 is 1.45. The SMILES string of the molecule is Cc1cccc(N2C(=O)C(SC(C)C)=C(c3ccccc3)C2=O)c1C. The molecule has 0 saturated heterocycles. The van der Waals surface area contributed by atoms with E-state index < -0.39 is 0 Å². The molecule has 0 spiro atoms. The number of nitrogens with zero attached hydrogens (tertiary/aromatic N) is 1. The van der Waals surface area contributed by atoms with E-state index in [1.807, 2.05) is 76.2 Å². The molecule has 0 atom stereocenters. The van der Waals surface area contributed by atoms with E-state index in [4.69, 9.17) is 0 Å². The highest BCUT2D eigenvalue weighted by atomic mass is 32.2. The van der Waals surface area contributed by atoms with Gasteiger partial charge in [-0.2, -0.15) is 0 Å². The minimum Gasteiger partial charge on any atom is -0.268 e. The van der Waals surface area contributed by atoms with Gasteiger partial charge in [-0.1, -0.05) is 56.3 Å². The Hall–Kier alpha value is -2.33. The largest absolute Gasteiger partial charge is 0.272 e. The third-order valence-corrected chi connectivity index (χ3v) is 5.36. The van der Waals surface area contributed by atoms with Gasteiger partial charge in [-0.3, -0.25) is 9.59 Å². The van der Waals surface area contributed by atoms with Crippen LogP contribution in [0.15, 0.2) is 53.4 Å². The van der Waals surface area contributed by atoms with Gasteiger partial charge in [0, 0.05) is 5.25 Å². The molecule has 3 rings (SSSR count). The summed E-state index contributed by atoms with van der Waals surface area (Å²) in [6, 6.07) is 15.2. The van der Waals surface area contributed by atoms with Gasteiger partial charge < -0.3 is 0 Å². The Labute approximate surface area is 152 Å². The Bertz CT molecular complexity index is 869. The first-order valence-corrected chi connectivity index (χ1v) is 9.21. The molecule has 3 nitrogen and oxygen atoms in total. The molecule has 0 saturated carbocycles. The van der Waals surface area contributed by atoms with Gasteiger partial charge in [0.1, 0.15) is 0 Å². The number of anilines is 1. The monoisotopic (exact) mass is 351 g/mol. The first kappa shape index (κ1) is 17.5. The summed E-state index contributed by atoms with van der Waals surface area (Å²) in [5, 5.41) is 0.212. The lowest BCUT2D eigenvalue weighted by Gasteiger charge is -2.19. The number of rotatable bonds is 4. The van der Waals surface area contributed by atoms with Gasteiger partial charge in [0.25, 0.3) is 11.8 Å². The molecule has 0 bridgehead atoms. The van der Waals surface area contributed by atoms with Crippen LogP contribution in [0.3, 0.4) is 0 Å². The Morgan fingerprint density at radius 1 is 0.880 bits per heavy atom. The molecule has 0 fully saturated rings. The van der Waals surface area contributed by atoms with Gasteiger partial charge in [-0.05, 0) is 36.6 Å². The molecule has 0 unspecified atom stereocenters. The zero-order valence-electron chi connectivity index (χ0n) is 14.9. The first-order chi connectivity index (χ1) is 11.9. The molecular formula is C21H21NO2S. The third-order valence-electron chi connectivity index (χ3n) is 4.27. The van der Waals surface area contributed by atoms with Crippen LogP contribution in [0.25, 0.3) is 5.57 Å². The van der Waals surface area contributed by atoms with Crippen molar-refractivity contribution in [1.29, 1.82) is 0 Å². The number of hydrogen-bond acceptors (Lipinski definition) is 3. The second kappa shape index (κ2) is 6.89. The standard InChI is InChI=1S/C21H21NO2S/c1-13(2)25-19-18(16-10-6-5-7-11-16)20(23)22(21(19)24)17-12-8-9-14(3)15(17)4/h5-13H,1-4H3. The quantitative estimate of drug-likeness (QED) is 0.747. The lowest BCUT2D eigenvalue weighted by molar-refractivity contribution is -0.119. The Kier molecular flexibility index (Phi) is 4.82. The van der Waals surface area contributed by atoms with E-state index in [1.54, 1.807) is 0 Å². The maximum atomic E-state index is 13.2. The maximum Gasteiger partial charge on any atom is 0.272 e. The van der Waals surface area contributed by atoms with Gasteiger partial charge in [0.15, 0.2) is 0 Å². The zero-order chi connectivity index (χ0) is 18.1. The summed E-state index contributed by atoms with van der Waals surface area (Å²) in [4.78, 5) is 28.2. The van der Waals surface area contributed by atoms with Crippen LogP contribution in [0.5, 0.6) is 0 Å². The summed E-state index contributed by atoms with van der Waals surface area (Å²) in [5.74, 6) is -0.468. The van der Waals surface area contributed by atoms with Crippen LogP contribution >= 0.6 is 11.8 Å². The number of benzene rings is 2. The first-order valence-electron chi connectivity index (χ1n) is 8.33. The second-order valence-electron chi connectivity index (χ2n) is 6.40. The highest BCUT2D eigenvalue weighted by Crippen LogP contribution is 2.40.